The van der Waals surface area contributed by atoms with Gasteiger partial charge in [0.25, 0.3) is 0 Å². The molecule has 2 aromatic rings. The number of carbonyl (C=O) groups excluding carboxylic acids is 2. The van der Waals surface area contributed by atoms with E-state index in [4.69, 9.17) is 9.47 Å². The second-order valence-corrected chi connectivity index (χ2v) is 8.88. The van der Waals surface area contributed by atoms with Gasteiger partial charge in [-0.3, -0.25) is 4.79 Å². The molecule has 1 aliphatic rings. The minimum atomic E-state index is -0.566. The maximum Gasteiger partial charge on any atom is 0.410 e. The van der Waals surface area contributed by atoms with Crippen LogP contribution in [0.4, 0.5) is 4.79 Å². The SMILES string of the molecule is COc1ccc(C(NC(=O)C2CCCN(C(=O)OC(C)(C)C)C2)c2nccn2C)cc1. The van der Waals surface area contributed by atoms with Gasteiger partial charge in [-0.25, -0.2) is 9.78 Å². The molecule has 2 amide bonds. The number of aromatic nitrogens is 2. The number of benzene rings is 1. The smallest absolute Gasteiger partial charge is 0.410 e. The van der Waals surface area contributed by atoms with Crippen molar-refractivity contribution in [3.8, 4) is 5.75 Å². The van der Waals surface area contributed by atoms with E-state index < -0.39 is 11.6 Å². The van der Waals surface area contributed by atoms with Crippen molar-refractivity contribution >= 4 is 12.0 Å². The lowest BCUT2D eigenvalue weighted by molar-refractivity contribution is -0.127. The molecule has 1 N–H and O–H groups in total. The standard InChI is InChI=1S/C23H32N4O4/c1-23(2,3)31-22(29)27-13-6-7-17(15-27)21(28)25-19(20-24-12-14-26(20)4)16-8-10-18(30-5)11-9-16/h8-12,14,17,19H,6-7,13,15H2,1-5H3,(H,25,28). The highest BCUT2D eigenvalue weighted by atomic mass is 16.6. The van der Waals surface area contributed by atoms with Gasteiger partial charge in [-0.2, -0.15) is 0 Å². The van der Waals surface area contributed by atoms with Crippen molar-refractivity contribution in [3.63, 3.8) is 0 Å². The van der Waals surface area contributed by atoms with E-state index in [1.54, 1.807) is 18.2 Å². The van der Waals surface area contributed by atoms with E-state index in [2.05, 4.69) is 10.3 Å². The van der Waals surface area contributed by atoms with Gasteiger partial charge in [0, 0.05) is 32.5 Å². The van der Waals surface area contributed by atoms with Gasteiger partial charge in [0.1, 0.15) is 23.2 Å². The first-order chi connectivity index (χ1) is 14.7. The molecule has 1 aromatic heterocycles. The molecule has 2 heterocycles. The van der Waals surface area contributed by atoms with E-state index in [0.29, 0.717) is 13.1 Å². The van der Waals surface area contributed by atoms with Crippen molar-refractivity contribution in [2.45, 2.75) is 45.3 Å². The molecule has 8 heteroatoms. The zero-order valence-corrected chi connectivity index (χ0v) is 18.9. The van der Waals surface area contributed by atoms with Crippen molar-refractivity contribution in [1.82, 2.24) is 19.8 Å². The summed E-state index contributed by atoms with van der Waals surface area (Å²) in [6, 6.07) is 7.17. The first-order valence-electron chi connectivity index (χ1n) is 10.6. The topological polar surface area (TPSA) is 85.7 Å². The van der Waals surface area contributed by atoms with Crippen molar-refractivity contribution in [2.75, 3.05) is 20.2 Å². The van der Waals surface area contributed by atoms with Crippen LogP contribution in [0, 0.1) is 5.92 Å². The number of hydrogen-bond acceptors (Lipinski definition) is 5. The number of hydrogen-bond donors (Lipinski definition) is 1. The molecule has 2 unspecified atom stereocenters. The minimum absolute atomic E-state index is 0.0999. The number of carbonyl (C=O) groups is 2. The van der Waals surface area contributed by atoms with Crippen LogP contribution in [0.2, 0.25) is 0 Å². The number of imidazole rings is 1. The van der Waals surface area contributed by atoms with Crippen LogP contribution in [0.1, 0.15) is 51.0 Å². The first kappa shape index (κ1) is 22.7. The number of amides is 2. The van der Waals surface area contributed by atoms with E-state index in [1.807, 2.05) is 62.8 Å². The fourth-order valence-corrected chi connectivity index (χ4v) is 3.69. The minimum Gasteiger partial charge on any atom is -0.497 e. The first-order valence-corrected chi connectivity index (χ1v) is 10.6. The molecule has 168 valence electrons. The Hall–Kier alpha value is -3.03. The van der Waals surface area contributed by atoms with Crippen molar-refractivity contribution in [3.05, 3.63) is 48.0 Å². The van der Waals surface area contributed by atoms with Crippen LogP contribution in [0.15, 0.2) is 36.7 Å². The average Bonchev–Trinajstić information content (AvgIpc) is 3.16. The van der Waals surface area contributed by atoms with Crippen LogP contribution in [-0.4, -0.2) is 52.3 Å². The summed E-state index contributed by atoms with van der Waals surface area (Å²) >= 11 is 0. The average molecular weight is 429 g/mol. The summed E-state index contributed by atoms with van der Waals surface area (Å²) in [5.41, 5.74) is 0.340. The Kier molecular flexibility index (Phi) is 6.87. The maximum absolute atomic E-state index is 13.2. The summed E-state index contributed by atoms with van der Waals surface area (Å²) in [5.74, 6) is 1.08. The van der Waals surface area contributed by atoms with Gasteiger partial charge in [0.05, 0.1) is 13.0 Å². The van der Waals surface area contributed by atoms with E-state index in [0.717, 1.165) is 30.0 Å². The number of nitrogens with zero attached hydrogens (tertiary/aromatic N) is 3. The largest absolute Gasteiger partial charge is 0.497 e. The van der Waals surface area contributed by atoms with Crippen molar-refractivity contribution < 1.29 is 19.1 Å². The number of rotatable bonds is 5. The molecule has 3 rings (SSSR count). The molecule has 0 bridgehead atoms. The van der Waals surface area contributed by atoms with Gasteiger partial charge in [-0.15, -0.1) is 0 Å². The third-order valence-corrected chi connectivity index (χ3v) is 5.30. The van der Waals surface area contributed by atoms with Crippen LogP contribution >= 0.6 is 0 Å². The molecule has 0 saturated carbocycles. The van der Waals surface area contributed by atoms with Crippen LogP contribution in [-0.2, 0) is 16.6 Å². The Balaban J connectivity index is 1.75. The summed E-state index contributed by atoms with van der Waals surface area (Å²) < 4.78 is 12.6. The summed E-state index contributed by atoms with van der Waals surface area (Å²) in [6.07, 6.45) is 4.67. The van der Waals surface area contributed by atoms with Gasteiger partial charge >= 0.3 is 6.09 Å². The molecule has 1 fully saturated rings. The Morgan fingerprint density at radius 1 is 1.23 bits per heavy atom. The quantitative estimate of drug-likeness (QED) is 0.790. The summed E-state index contributed by atoms with van der Waals surface area (Å²) in [4.78, 5) is 31.8. The van der Waals surface area contributed by atoms with Gasteiger partial charge in [0.2, 0.25) is 5.91 Å². The highest BCUT2D eigenvalue weighted by Gasteiger charge is 2.32. The number of methoxy groups -OCH3 is 1. The zero-order chi connectivity index (χ0) is 22.6. The van der Waals surface area contributed by atoms with Crippen LogP contribution < -0.4 is 10.1 Å². The normalized spacial score (nSPS) is 17.7. The van der Waals surface area contributed by atoms with Crippen LogP contribution in [0.25, 0.3) is 0 Å². The van der Waals surface area contributed by atoms with E-state index in [9.17, 15) is 9.59 Å². The summed E-state index contributed by atoms with van der Waals surface area (Å²) in [7, 11) is 3.52. The monoisotopic (exact) mass is 428 g/mol. The second-order valence-electron chi connectivity index (χ2n) is 8.88. The fraction of sp³-hybridized carbons (Fsp3) is 0.522. The van der Waals surface area contributed by atoms with Gasteiger partial charge in [-0.1, -0.05) is 12.1 Å². The van der Waals surface area contributed by atoms with Crippen LogP contribution in [0.5, 0.6) is 5.75 Å². The molecular formula is C23H32N4O4. The Labute approximate surface area is 183 Å². The van der Waals surface area contributed by atoms with E-state index in [-0.39, 0.29) is 17.9 Å². The van der Waals surface area contributed by atoms with Gasteiger partial charge in [0.15, 0.2) is 0 Å². The number of likely N-dealkylation sites (tertiary alicyclic amines) is 1. The Bertz CT molecular complexity index is 901. The molecule has 0 spiro atoms. The maximum atomic E-state index is 13.2. The molecule has 1 aliphatic heterocycles. The highest BCUT2D eigenvalue weighted by Crippen LogP contribution is 2.25. The number of nitrogens with one attached hydrogen (secondary N) is 1. The molecule has 0 radical (unpaired) electrons. The fourth-order valence-electron chi connectivity index (χ4n) is 3.69. The number of aryl methyl sites for hydroxylation is 1. The zero-order valence-electron chi connectivity index (χ0n) is 18.9. The van der Waals surface area contributed by atoms with Gasteiger partial charge in [-0.05, 0) is 51.3 Å². The molecular weight excluding hydrogens is 396 g/mol. The highest BCUT2D eigenvalue weighted by molar-refractivity contribution is 5.80. The van der Waals surface area contributed by atoms with E-state index in [1.165, 1.54) is 0 Å². The summed E-state index contributed by atoms with van der Waals surface area (Å²) in [6.45, 7) is 6.46. The Morgan fingerprint density at radius 2 is 1.94 bits per heavy atom. The molecule has 0 aliphatic carbocycles. The van der Waals surface area contributed by atoms with Crippen LogP contribution in [0.3, 0.4) is 0 Å². The molecule has 8 nitrogen and oxygen atoms in total. The lowest BCUT2D eigenvalue weighted by Crippen LogP contribution is -2.47. The summed E-state index contributed by atoms with van der Waals surface area (Å²) in [5, 5.41) is 3.15. The lowest BCUT2D eigenvalue weighted by Gasteiger charge is -2.34. The lowest BCUT2D eigenvalue weighted by atomic mass is 9.96. The van der Waals surface area contributed by atoms with Gasteiger partial charge < -0.3 is 24.3 Å². The number of piperidine rings is 1. The van der Waals surface area contributed by atoms with E-state index >= 15 is 0 Å². The third kappa shape index (κ3) is 5.77. The predicted octanol–water partition coefficient (Wildman–Crippen LogP) is 3.28. The number of ether oxygens (including phenoxy) is 2. The molecule has 2 atom stereocenters. The third-order valence-electron chi connectivity index (χ3n) is 5.30. The molecule has 1 saturated heterocycles. The van der Waals surface area contributed by atoms with Crippen molar-refractivity contribution in [1.29, 1.82) is 0 Å². The molecule has 31 heavy (non-hydrogen) atoms. The predicted molar refractivity (Wildman–Crippen MR) is 117 cm³/mol. The van der Waals surface area contributed by atoms with Crippen molar-refractivity contribution in [2.24, 2.45) is 13.0 Å². The second kappa shape index (κ2) is 9.41. The molecule has 1 aromatic carbocycles. The Morgan fingerprint density at radius 3 is 2.52 bits per heavy atom.